The molecule has 11 heteroatoms. The maximum absolute atomic E-state index is 11.3. The summed E-state index contributed by atoms with van der Waals surface area (Å²) in [6.07, 6.45) is 7.04. The number of benzene rings is 2. The summed E-state index contributed by atoms with van der Waals surface area (Å²) in [5.74, 6) is -0.463. The Morgan fingerprint density at radius 2 is 1.10 bits per heavy atom. The smallest absolute Gasteiger partial charge is 0.872 e. The van der Waals surface area contributed by atoms with Crippen LogP contribution in [0.3, 0.4) is 0 Å². The van der Waals surface area contributed by atoms with Gasteiger partial charge in [-0.3, -0.25) is 30.2 Å². The minimum absolute atomic E-state index is 0. The number of nitro benzene ring substituents is 2. The summed E-state index contributed by atoms with van der Waals surface area (Å²) in [7, 11) is 0. The zero-order valence-electron chi connectivity index (χ0n) is 16.1. The molecule has 0 N–H and O–H groups in total. The van der Waals surface area contributed by atoms with Crippen LogP contribution in [0.25, 0.3) is 0 Å². The van der Waals surface area contributed by atoms with Crippen LogP contribution in [0.2, 0.25) is 0 Å². The Hall–Kier alpha value is -3.30. The molecule has 10 nitrogen and oxygen atoms in total. The monoisotopic (exact) mass is 473 g/mol. The number of non-ortho nitro benzene ring substituents is 2. The van der Waals surface area contributed by atoms with E-state index in [1.54, 1.807) is 0 Å². The first-order chi connectivity index (χ1) is 14.3. The summed E-state index contributed by atoms with van der Waals surface area (Å²) in [5, 5.41) is 43.6. The minimum atomic E-state index is -0.520. The molecule has 2 aliphatic rings. The number of nitro groups is 2. The van der Waals surface area contributed by atoms with Gasteiger partial charge < -0.3 is 10.2 Å². The van der Waals surface area contributed by atoms with Crippen LogP contribution in [-0.2, 0) is 17.1 Å². The van der Waals surface area contributed by atoms with E-state index in [1.807, 2.05) is 0 Å². The molecule has 0 atom stereocenters. The Labute approximate surface area is 188 Å². The Balaban J connectivity index is 0.000000213. The molecule has 0 unspecified atom stereocenters. The standard InChI is InChI=1S/2C10H10N2O3.Cu/c2*13-10-4-3-9(12(14)15)5-7(10)6-11-8-1-2-8;/h2*3-6,8,13H,1-2H2;/q;;+2/p-2. The predicted octanol–water partition coefficient (Wildman–Crippen LogP) is 2.50. The van der Waals surface area contributed by atoms with Crippen LogP contribution in [-0.4, -0.2) is 34.4 Å². The predicted molar refractivity (Wildman–Crippen MR) is 106 cm³/mol. The van der Waals surface area contributed by atoms with Crippen molar-refractivity contribution in [1.82, 2.24) is 0 Å². The molecule has 0 aromatic heterocycles. The largest absolute Gasteiger partial charge is 2.00 e. The van der Waals surface area contributed by atoms with Gasteiger partial charge in [0.25, 0.3) is 11.4 Å². The number of aliphatic imine (C=N–C) groups is 2. The van der Waals surface area contributed by atoms with Crippen molar-refractivity contribution in [2.75, 3.05) is 0 Å². The van der Waals surface area contributed by atoms with Crippen molar-refractivity contribution in [2.24, 2.45) is 9.98 Å². The van der Waals surface area contributed by atoms with Crippen molar-refractivity contribution in [3.8, 4) is 11.5 Å². The molecule has 0 aliphatic heterocycles. The van der Waals surface area contributed by atoms with Crippen molar-refractivity contribution >= 4 is 23.8 Å². The number of rotatable bonds is 6. The molecule has 165 valence electrons. The number of nitrogens with zero attached hydrogens (tertiary/aromatic N) is 4. The van der Waals surface area contributed by atoms with Crippen LogP contribution in [0.5, 0.6) is 11.5 Å². The molecule has 0 spiro atoms. The maximum atomic E-state index is 11.3. The topological polar surface area (TPSA) is 157 Å². The van der Waals surface area contributed by atoms with Gasteiger partial charge in [0.2, 0.25) is 0 Å². The Bertz CT molecular complexity index is 937. The summed E-state index contributed by atoms with van der Waals surface area (Å²) in [6, 6.07) is 7.95. The fourth-order valence-electron chi connectivity index (χ4n) is 2.32. The van der Waals surface area contributed by atoms with Gasteiger partial charge in [0, 0.05) is 36.7 Å². The van der Waals surface area contributed by atoms with E-state index in [9.17, 15) is 30.4 Å². The molecule has 0 bridgehead atoms. The van der Waals surface area contributed by atoms with Crippen molar-refractivity contribution in [3.05, 3.63) is 67.8 Å². The molecule has 2 aromatic rings. The molecule has 0 amide bonds. The third-order valence-electron chi connectivity index (χ3n) is 4.35. The van der Waals surface area contributed by atoms with Gasteiger partial charge in [0.1, 0.15) is 0 Å². The zero-order chi connectivity index (χ0) is 21.7. The van der Waals surface area contributed by atoms with Crippen molar-refractivity contribution in [2.45, 2.75) is 37.8 Å². The Morgan fingerprint density at radius 3 is 1.39 bits per heavy atom. The molecule has 31 heavy (non-hydrogen) atoms. The Kier molecular flexibility index (Phi) is 8.23. The van der Waals surface area contributed by atoms with Gasteiger partial charge in [-0.1, -0.05) is 23.6 Å². The normalized spacial score (nSPS) is 15.2. The molecule has 0 heterocycles. The van der Waals surface area contributed by atoms with E-state index in [2.05, 4.69) is 9.98 Å². The first-order valence-corrected chi connectivity index (χ1v) is 9.30. The van der Waals surface area contributed by atoms with Crippen molar-refractivity contribution < 1.29 is 37.1 Å². The molecule has 2 aromatic carbocycles. The van der Waals surface area contributed by atoms with Crippen LogP contribution in [0.15, 0.2) is 46.4 Å². The van der Waals surface area contributed by atoms with E-state index in [1.165, 1.54) is 48.8 Å². The molecule has 2 fully saturated rings. The maximum Gasteiger partial charge on any atom is 2.00 e. The average Bonchev–Trinajstić information content (AvgIpc) is 3.62. The van der Waals surface area contributed by atoms with Crippen LogP contribution in [0.4, 0.5) is 11.4 Å². The zero-order valence-corrected chi connectivity index (χ0v) is 17.1. The van der Waals surface area contributed by atoms with Crippen molar-refractivity contribution in [1.29, 1.82) is 0 Å². The summed E-state index contributed by atoms with van der Waals surface area (Å²) in [4.78, 5) is 28.1. The minimum Gasteiger partial charge on any atom is -0.872 e. The van der Waals surface area contributed by atoms with Gasteiger partial charge in [0.15, 0.2) is 0 Å². The van der Waals surface area contributed by atoms with E-state index in [0.717, 1.165) is 25.7 Å². The van der Waals surface area contributed by atoms with E-state index < -0.39 is 9.85 Å². The Morgan fingerprint density at radius 1 is 0.742 bits per heavy atom. The quantitative estimate of drug-likeness (QED) is 0.271. The molecule has 2 saturated carbocycles. The average molecular weight is 474 g/mol. The summed E-state index contributed by atoms with van der Waals surface area (Å²) < 4.78 is 0. The molecule has 2 aliphatic carbocycles. The van der Waals surface area contributed by atoms with Crippen LogP contribution < -0.4 is 10.2 Å². The SMILES string of the molecule is O=[N+]([O-])c1ccc([O-])c(C=NC2CC2)c1.O=[N+]([O-])c1ccc([O-])c(C=NC2CC2)c1.[Cu+2]. The van der Waals surface area contributed by atoms with Gasteiger partial charge in [-0.05, 0) is 36.8 Å². The van der Waals surface area contributed by atoms with Crippen LogP contribution in [0.1, 0.15) is 36.8 Å². The van der Waals surface area contributed by atoms with Gasteiger partial charge >= 0.3 is 17.1 Å². The molecule has 0 saturated heterocycles. The number of hydrogen-bond acceptors (Lipinski definition) is 8. The second-order valence-corrected chi connectivity index (χ2v) is 6.98. The third-order valence-corrected chi connectivity index (χ3v) is 4.35. The first-order valence-electron chi connectivity index (χ1n) is 9.30. The summed E-state index contributed by atoms with van der Waals surface area (Å²) >= 11 is 0. The van der Waals surface area contributed by atoms with Gasteiger partial charge in [0.05, 0.1) is 21.9 Å². The van der Waals surface area contributed by atoms with E-state index >= 15 is 0 Å². The third kappa shape index (κ3) is 7.47. The van der Waals surface area contributed by atoms with Gasteiger partial charge in [-0.25, -0.2) is 0 Å². The summed E-state index contributed by atoms with van der Waals surface area (Å²) in [5.41, 5.74) is 0.422. The fraction of sp³-hybridized carbons (Fsp3) is 0.300. The van der Waals surface area contributed by atoms with Crippen LogP contribution >= 0.6 is 0 Å². The van der Waals surface area contributed by atoms with Crippen LogP contribution in [0, 0.1) is 20.2 Å². The molecular weight excluding hydrogens is 456 g/mol. The van der Waals surface area contributed by atoms with E-state index in [-0.39, 0.29) is 51.1 Å². The molecule has 4 rings (SSSR count). The second kappa shape index (κ2) is 10.6. The molecule has 1 radical (unpaired) electrons. The van der Waals surface area contributed by atoms with E-state index in [0.29, 0.717) is 12.1 Å². The van der Waals surface area contributed by atoms with Crippen molar-refractivity contribution in [3.63, 3.8) is 0 Å². The molecular formula is C20H18CuN4O6. The van der Waals surface area contributed by atoms with E-state index in [4.69, 9.17) is 0 Å². The van der Waals surface area contributed by atoms with Gasteiger partial charge in [-0.2, -0.15) is 0 Å². The number of hydrogen-bond donors (Lipinski definition) is 0. The first kappa shape index (κ1) is 24.0. The summed E-state index contributed by atoms with van der Waals surface area (Å²) in [6.45, 7) is 0. The fourth-order valence-corrected chi connectivity index (χ4v) is 2.32. The second-order valence-electron chi connectivity index (χ2n) is 6.98. The van der Waals surface area contributed by atoms with Gasteiger partial charge in [-0.15, -0.1) is 0 Å².